The van der Waals surface area contributed by atoms with Crippen molar-refractivity contribution in [2.24, 2.45) is 0 Å². The maximum absolute atomic E-state index is 12.4. The van der Waals surface area contributed by atoms with Gasteiger partial charge in [-0.15, -0.1) is 11.3 Å². The number of thiazole rings is 1. The van der Waals surface area contributed by atoms with E-state index < -0.39 is 10.0 Å². The van der Waals surface area contributed by atoms with E-state index in [9.17, 15) is 8.42 Å². The van der Waals surface area contributed by atoms with Gasteiger partial charge in [-0.3, -0.25) is 4.72 Å². The van der Waals surface area contributed by atoms with Gasteiger partial charge in [0.05, 0.1) is 20.1 Å². The largest absolute Gasteiger partial charge is 0.280 e. The lowest BCUT2D eigenvalue weighted by Gasteiger charge is -2.08. The van der Waals surface area contributed by atoms with Crippen molar-refractivity contribution in [3.8, 4) is 0 Å². The first-order valence-electron chi connectivity index (χ1n) is 6.10. The summed E-state index contributed by atoms with van der Waals surface area (Å²) < 4.78 is 29.1. The van der Waals surface area contributed by atoms with Gasteiger partial charge in [0.1, 0.15) is 0 Å². The first-order chi connectivity index (χ1) is 9.94. The summed E-state index contributed by atoms with van der Waals surface area (Å²) in [5.74, 6) is 0. The molecule has 3 aromatic rings. The molecule has 0 atom stereocenters. The second kappa shape index (κ2) is 5.40. The zero-order valence-corrected chi connectivity index (χ0v) is 14.2. The third-order valence-electron chi connectivity index (χ3n) is 2.87. The van der Waals surface area contributed by atoms with Crippen LogP contribution < -0.4 is 4.72 Å². The van der Waals surface area contributed by atoms with Crippen LogP contribution in [-0.4, -0.2) is 13.4 Å². The lowest BCUT2D eigenvalue weighted by molar-refractivity contribution is 0.601. The van der Waals surface area contributed by atoms with E-state index in [0.29, 0.717) is 5.69 Å². The molecule has 0 bridgehead atoms. The SMILES string of the molecule is Cc1nc2ccc(S(=O)(=O)Nc3ccc(Br)cc3)cc2s1. The van der Waals surface area contributed by atoms with E-state index >= 15 is 0 Å². The Hall–Kier alpha value is -1.44. The first kappa shape index (κ1) is 14.5. The molecule has 0 radical (unpaired) electrons. The van der Waals surface area contributed by atoms with Crippen LogP contribution in [0.4, 0.5) is 5.69 Å². The Kier molecular flexibility index (Phi) is 3.73. The number of sulfonamides is 1. The van der Waals surface area contributed by atoms with Crippen LogP contribution in [0, 0.1) is 6.92 Å². The molecule has 3 rings (SSSR count). The topological polar surface area (TPSA) is 59.1 Å². The molecule has 2 aromatic carbocycles. The highest BCUT2D eigenvalue weighted by molar-refractivity contribution is 9.10. The predicted octanol–water partition coefficient (Wildman–Crippen LogP) is 4.17. The molecule has 108 valence electrons. The zero-order chi connectivity index (χ0) is 15.0. The van der Waals surface area contributed by atoms with Crippen LogP contribution >= 0.6 is 27.3 Å². The lowest BCUT2D eigenvalue weighted by Crippen LogP contribution is -2.12. The molecule has 7 heteroatoms. The van der Waals surface area contributed by atoms with Crippen molar-refractivity contribution >= 4 is 53.2 Å². The Morgan fingerprint density at radius 1 is 1.14 bits per heavy atom. The number of fused-ring (bicyclic) bond motifs is 1. The van der Waals surface area contributed by atoms with Crippen LogP contribution in [0.3, 0.4) is 0 Å². The van der Waals surface area contributed by atoms with E-state index in [1.165, 1.54) is 11.3 Å². The van der Waals surface area contributed by atoms with Crippen molar-refractivity contribution in [1.29, 1.82) is 0 Å². The second-order valence-electron chi connectivity index (χ2n) is 4.47. The van der Waals surface area contributed by atoms with Gasteiger partial charge < -0.3 is 0 Å². The van der Waals surface area contributed by atoms with Crippen molar-refractivity contribution in [2.45, 2.75) is 11.8 Å². The predicted molar refractivity (Wildman–Crippen MR) is 89.3 cm³/mol. The molecule has 0 saturated heterocycles. The van der Waals surface area contributed by atoms with E-state index in [-0.39, 0.29) is 4.90 Å². The number of hydrogen-bond acceptors (Lipinski definition) is 4. The van der Waals surface area contributed by atoms with Crippen LogP contribution in [0.1, 0.15) is 5.01 Å². The normalized spacial score (nSPS) is 11.7. The molecule has 21 heavy (non-hydrogen) atoms. The summed E-state index contributed by atoms with van der Waals surface area (Å²) in [6.45, 7) is 1.90. The number of benzene rings is 2. The Balaban J connectivity index is 1.97. The first-order valence-corrected chi connectivity index (χ1v) is 9.19. The Labute approximate surface area is 135 Å². The van der Waals surface area contributed by atoms with Crippen molar-refractivity contribution in [3.05, 3.63) is 51.9 Å². The van der Waals surface area contributed by atoms with E-state index in [1.54, 1.807) is 42.5 Å². The molecule has 1 heterocycles. The quantitative estimate of drug-likeness (QED) is 0.739. The van der Waals surface area contributed by atoms with Gasteiger partial charge in [-0.1, -0.05) is 15.9 Å². The van der Waals surface area contributed by atoms with Crippen LogP contribution in [0.15, 0.2) is 51.8 Å². The number of rotatable bonds is 3. The van der Waals surface area contributed by atoms with Gasteiger partial charge in [-0.2, -0.15) is 0 Å². The monoisotopic (exact) mass is 382 g/mol. The minimum atomic E-state index is -3.59. The second-order valence-corrected chi connectivity index (χ2v) is 8.31. The molecular formula is C14H11BrN2O2S2. The van der Waals surface area contributed by atoms with Gasteiger partial charge in [-0.05, 0) is 49.4 Å². The number of halogens is 1. The number of aromatic nitrogens is 1. The Morgan fingerprint density at radius 2 is 1.86 bits per heavy atom. The number of hydrogen-bond donors (Lipinski definition) is 1. The molecule has 1 aromatic heterocycles. The molecule has 0 aliphatic heterocycles. The summed E-state index contributed by atoms with van der Waals surface area (Å²) in [5.41, 5.74) is 1.35. The van der Waals surface area contributed by atoms with Gasteiger partial charge in [0, 0.05) is 10.2 Å². The fourth-order valence-corrected chi connectivity index (χ4v) is 4.21. The van der Waals surface area contributed by atoms with E-state index in [0.717, 1.165) is 19.7 Å². The molecule has 0 aliphatic rings. The molecule has 0 unspecified atom stereocenters. The molecule has 0 aliphatic carbocycles. The van der Waals surface area contributed by atoms with Crippen molar-refractivity contribution in [1.82, 2.24) is 4.98 Å². The van der Waals surface area contributed by atoms with Gasteiger partial charge in [0.15, 0.2) is 0 Å². The van der Waals surface area contributed by atoms with E-state index in [2.05, 4.69) is 25.6 Å². The van der Waals surface area contributed by atoms with Crippen LogP contribution in [0.5, 0.6) is 0 Å². The zero-order valence-electron chi connectivity index (χ0n) is 11.0. The Bertz CT molecular complexity index is 902. The molecule has 0 spiro atoms. The number of aryl methyl sites for hydroxylation is 1. The van der Waals surface area contributed by atoms with Crippen molar-refractivity contribution in [3.63, 3.8) is 0 Å². The minimum Gasteiger partial charge on any atom is -0.280 e. The molecular weight excluding hydrogens is 372 g/mol. The van der Waals surface area contributed by atoms with Gasteiger partial charge in [0.2, 0.25) is 0 Å². The van der Waals surface area contributed by atoms with Gasteiger partial charge >= 0.3 is 0 Å². The van der Waals surface area contributed by atoms with Crippen LogP contribution in [-0.2, 0) is 10.0 Å². The summed E-state index contributed by atoms with van der Waals surface area (Å²) in [6, 6.07) is 11.9. The average Bonchev–Trinajstić information content (AvgIpc) is 2.80. The van der Waals surface area contributed by atoms with E-state index in [4.69, 9.17) is 0 Å². The van der Waals surface area contributed by atoms with Gasteiger partial charge in [0.25, 0.3) is 10.0 Å². The molecule has 0 amide bonds. The number of nitrogens with one attached hydrogen (secondary N) is 1. The molecule has 4 nitrogen and oxygen atoms in total. The fourth-order valence-electron chi connectivity index (χ4n) is 1.92. The van der Waals surface area contributed by atoms with E-state index in [1.807, 2.05) is 6.92 Å². The molecule has 0 saturated carbocycles. The number of anilines is 1. The highest BCUT2D eigenvalue weighted by atomic mass is 79.9. The van der Waals surface area contributed by atoms with Gasteiger partial charge in [-0.25, -0.2) is 13.4 Å². The summed E-state index contributed by atoms with van der Waals surface area (Å²) >= 11 is 4.80. The summed E-state index contributed by atoms with van der Waals surface area (Å²) in [5, 5.41) is 0.917. The Morgan fingerprint density at radius 3 is 2.57 bits per heavy atom. The van der Waals surface area contributed by atoms with Crippen molar-refractivity contribution < 1.29 is 8.42 Å². The van der Waals surface area contributed by atoms with Crippen molar-refractivity contribution in [2.75, 3.05) is 4.72 Å². The average molecular weight is 383 g/mol. The molecule has 1 N–H and O–H groups in total. The minimum absolute atomic E-state index is 0.238. The third-order valence-corrected chi connectivity index (χ3v) is 5.71. The highest BCUT2D eigenvalue weighted by Crippen LogP contribution is 2.26. The van der Waals surface area contributed by atoms with Crippen LogP contribution in [0.25, 0.3) is 10.2 Å². The summed E-state index contributed by atoms with van der Waals surface area (Å²) in [6.07, 6.45) is 0. The fraction of sp³-hybridized carbons (Fsp3) is 0.0714. The standard InChI is InChI=1S/C14H11BrN2O2S2/c1-9-16-13-7-6-12(8-14(13)20-9)21(18,19)17-11-4-2-10(15)3-5-11/h2-8,17H,1H3. The van der Waals surface area contributed by atoms with Crippen LogP contribution in [0.2, 0.25) is 0 Å². The summed E-state index contributed by atoms with van der Waals surface area (Å²) in [7, 11) is -3.59. The smallest absolute Gasteiger partial charge is 0.261 e. The maximum Gasteiger partial charge on any atom is 0.261 e. The third kappa shape index (κ3) is 3.09. The molecule has 0 fully saturated rings. The summed E-state index contributed by atoms with van der Waals surface area (Å²) in [4.78, 5) is 4.57. The number of nitrogens with zero attached hydrogens (tertiary/aromatic N) is 1. The highest BCUT2D eigenvalue weighted by Gasteiger charge is 2.15. The lowest BCUT2D eigenvalue weighted by atomic mass is 10.3. The maximum atomic E-state index is 12.4.